The fraction of sp³-hybridized carbons (Fsp3) is 0.130. The maximum atomic E-state index is 7.88. The van der Waals surface area contributed by atoms with Gasteiger partial charge >= 0.3 is 0 Å². The highest BCUT2D eigenvalue weighted by Crippen LogP contribution is 2.13. The van der Waals surface area contributed by atoms with Crippen LogP contribution in [-0.4, -0.2) is 22.4 Å². The molecule has 1 aromatic heterocycles. The van der Waals surface area contributed by atoms with E-state index in [-0.39, 0.29) is 13.3 Å². The highest BCUT2D eigenvalue weighted by Gasteiger charge is 1.98. The van der Waals surface area contributed by atoms with Crippen LogP contribution in [0.2, 0.25) is 0 Å². The van der Waals surface area contributed by atoms with Crippen LogP contribution in [0.25, 0.3) is 11.4 Å². The standard InChI is InChI=1S/C10H9N3.C7H8N2.C5H7NO.CH4/c11-9-6-7-12-10(13-9)8-4-2-1-3-5-8;8-7(9)6-4-2-1-3-5-6;1-2-7-5-3-4-6;/h1-7H,(H2,11,12,13);1-5H,(H3,8,9);3,5H,2H2,1H3;1H4/b;;5-3+;. The number of aromatic nitrogens is 2. The molecule has 0 saturated carbocycles. The normalized spacial score (nSPS) is 8.93. The summed E-state index contributed by atoms with van der Waals surface area (Å²) in [6.07, 6.45) is 4.33. The molecule has 0 atom stereocenters. The van der Waals surface area contributed by atoms with Gasteiger partial charge in [-0.3, -0.25) is 5.41 Å². The molecule has 2 aromatic carbocycles. The van der Waals surface area contributed by atoms with E-state index >= 15 is 0 Å². The second-order valence-electron chi connectivity index (χ2n) is 5.34. The third kappa shape index (κ3) is 10.8. The van der Waals surface area contributed by atoms with Gasteiger partial charge in [-0.2, -0.15) is 5.26 Å². The number of hydrogen-bond acceptors (Lipinski definition) is 6. The Bertz CT molecular complexity index is 921. The smallest absolute Gasteiger partial charge is 0.161 e. The van der Waals surface area contributed by atoms with Gasteiger partial charge in [-0.15, -0.1) is 0 Å². The largest absolute Gasteiger partial charge is 0.501 e. The number of amidine groups is 1. The number of allylic oxidation sites excluding steroid dienone is 1. The number of nitriles is 1. The first-order valence-corrected chi connectivity index (χ1v) is 8.78. The van der Waals surface area contributed by atoms with Crippen molar-refractivity contribution < 1.29 is 4.74 Å². The minimum Gasteiger partial charge on any atom is -0.501 e. The fourth-order valence-corrected chi connectivity index (χ4v) is 1.89. The van der Waals surface area contributed by atoms with Crippen molar-refractivity contribution in [3.63, 3.8) is 0 Å². The lowest BCUT2D eigenvalue weighted by molar-refractivity contribution is 0.269. The van der Waals surface area contributed by atoms with Crippen LogP contribution in [0.4, 0.5) is 5.82 Å². The van der Waals surface area contributed by atoms with Gasteiger partial charge < -0.3 is 16.2 Å². The van der Waals surface area contributed by atoms with Crippen molar-refractivity contribution in [1.82, 2.24) is 9.97 Å². The molecule has 0 amide bonds. The highest BCUT2D eigenvalue weighted by atomic mass is 16.5. The molecule has 7 heteroatoms. The summed E-state index contributed by atoms with van der Waals surface area (Å²) in [6, 6.07) is 22.4. The van der Waals surface area contributed by atoms with Gasteiger partial charge in [0.25, 0.3) is 0 Å². The quantitative estimate of drug-likeness (QED) is 0.255. The Balaban J connectivity index is 0.000000439. The van der Waals surface area contributed by atoms with Crippen LogP contribution < -0.4 is 11.5 Å². The maximum Gasteiger partial charge on any atom is 0.161 e. The van der Waals surface area contributed by atoms with Crippen LogP contribution in [0.1, 0.15) is 19.9 Å². The van der Waals surface area contributed by atoms with Crippen LogP contribution in [0, 0.1) is 16.7 Å². The van der Waals surface area contributed by atoms with E-state index in [9.17, 15) is 0 Å². The molecule has 0 radical (unpaired) electrons. The van der Waals surface area contributed by atoms with E-state index in [1.807, 2.05) is 67.6 Å². The molecule has 0 saturated heterocycles. The summed E-state index contributed by atoms with van der Waals surface area (Å²) in [7, 11) is 0. The van der Waals surface area contributed by atoms with Gasteiger partial charge in [0, 0.05) is 17.3 Å². The van der Waals surface area contributed by atoms with E-state index < -0.39 is 0 Å². The number of nitrogen functional groups attached to an aromatic ring is 2. The summed E-state index contributed by atoms with van der Waals surface area (Å²) in [5.41, 5.74) is 12.5. The lowest BCUT2D eigenvalue weighted by Gasteiger charge is -1.98. The lowest BCUT2D eigenvalue weighted by atomic mass is 10.2. The van der Waals surface area contributed by atoms with Crippen molar-refractivity contribution in [1.29, 1.82) is 10.7 Å². The van der Waals surface area contributed by atoms with E-state index in [1.165, 1.54) is 12.3 Å². The molecule has 3 rings (SSSR count). The Morgan fingerprint density at radius 3 is 2.17 bits per heavy atom. The number of nitrogens with zero attached hydrogens (tertiary/aromatic N) is 3. The Kier molecular flexibility index (Phi) is 13.6. The highest BCUT2D eigenvalue weighted by molar-refractivity contribution is 5.94. The van der Waals surface area contributed by atoms with Crippen LogP contribution in [0.3, 0.4) is 0 Å². The number of rotatable bonds is 4. The van der Waals surface area contributed by atoms with Crippen LogP contribution >= 0.6 is 0 Å². The van der Waals surface area contributed by atoms with Crippen LogP contribution in [0.15, 0.2) is 85.3 Å². The van der Waals surface area contributed by atoms with Gasteiger partial charge in [-0.25, -0.2) is 9.97 Å². The van der Waals surface area contributed by atoms with Crippen molar-refractivity contribution >= 4 is 11.7 Å². The van der Waals surface area contributed by atoms with E-state index in [2.05, 4.69) is 14.7 Å². The summed E-state index contributed by atoms with van der Waals surface area (Å²) >= 11 is 0. The maximum absolute atomic E-state index is 7.88. The second-order valence-corrected chi connectivity index (χ2v) is 5.34. The van der Waals surface area contributed by atoms with Crippen molar-refractivity contribution in [3.05, 3.63) is 90.8 Å². The summed E-state index contributed by atoms with van der Waals surface area (Å²) in [6.45, 7) is 2.49. The molecule has 156 valence electrons. The first kappa shape index (κ1) is 25.8. The SMILES string of the molecule is C.CCO/C=C/C#N.N=C(N)c1ccccc1.Nc1ccnc(-c2ccccc2)n1. The fourth-order valence-electron chi connectivity index (χ4n) is 1.89. The van der Waals surface area contributed by atoms with E-state index in [4.69, 9.17) is 22.1 Å². The minimum absolute atomic E-state index is 0. The molecule has 30 heavy (non-hydrogen) atoms. The molecule has 7 nitrogen and oxygen atoms in total. The summed E-state index contributed by atoms with van der Waals surface area (Å²) < 4.78 is 4.67. The van der Waals surface area contributed by atoms with Crippen molar-refractivity contribution in [3.8, 4) is 17.5 Å². The van der Waals surface area contributed by atoms with E-state index in [0.717, 1.165) is 11.1 Å². The monoisotopic (exact) mass is 404 g/mol. The molecule has 0 spiro atoms. The van der Waals surface area contributed by atoms with Gasteiger partial charge in [0.15, 0.2) is 5.82 Å². The Hall–Kier alpha value is -4.18. The van der Waals surface area contributed by atoms with Gasteiger partial charge in [0.05, 0.1) is 25.0 Å². The third-order valence-electron chi connectivity index (χ3n) is 3.20. The molecule has 0 unspecified atom stereocenters. The molecule has 0 aliphatic rings. The van der Waals surface area contributed by atoms with Gasteiger partial charge in [0.2, 0.25) is 0 Å². The predicted molar refractivity (Wildman–Crippen MR) is 122 cm³/mol. The van der Waals surface area contributed by atoms with Crippen molar-refractivity contribution in [2.75, 3.05) is 12.3 Å². The first-order chi connectivity index (χ1) is 14.1. The third-order valence-corrected chi connectivity index (χ3v) is 3.20. The molecular weight excluding hydrogens is 376 g/mol. The summed E-state index contributed by atoms with van der Waals surface area (Å²) in [4.78, 5) is 8.23. The van der Waals surface area contributed by atoms with E-state index in [0.29, 0.717) is 18.2 Å². The number of nitrogens with two attached hydrogens (primary N) is 2. The Morgan fingerprint density at radius 2 is 1.70 bits per heavy atom. The number of benzene rings is 2. The van der Waals surface area contributed by atoms with Gasteiger partial charge in [-0.1, -0.05) is 68.1 Å². The molecular formula is C23H28N6O. The molecule has 1 heterocycles. The molecule has 0 fully saturated rings. The van der Waals surface area contributed by atoms with Crippen LogP contribution in [0.5, 0.6) is 0 Å². The molecule has 3 aromatic rings. The number of ether oxygens (including phenoxy) is 1. The Morgan fingerprint density at radius 1 is 1.10 bits per heavy atom. The molecule has 5 N–H and O–H groups in total. The average molecular weight is 405 g/mol. The molecule has 0 bridgehead atoms. The van der Waals surface area contributed by atoms with Gasteiger partial charge in [0.1, 0.15) is 11.7 Å². The lowest BCUT2D eigenvalue weighted by Crippen LogP contribution is -2.10. The number of hydrogen-bond donors (Lipinski definition) is 3. The zero-order valence-corrected chi connectivity index (χ0v) is 16.2. The zero-order valence-electron chi connectivity index (χ0n) is 16.2. The Labute approximate surface area is 178 Å². The number of anilines is 1. The van der Waals surface area contributed by atoms with Crippen molar-refractivity contribution in [2.45, 2.75) is 14.4 Å². The second kappa shape index (κ2) is 15.8. The molecule has 0 aliphatic heterocycles. The number of nitrogens with one attached hydrogen (secondary N) is 1. The molecule has 0 aliphatic carbocycles. The summed E-state index contributed by atoms with van der Waals surface area (Å²) in [5.74, 6) is 1.28. The van der Waals surface area contributed by atoms with Crippen LogP contribution in [-0.2, 0) is 4.74 Å². The summed E-state index contributed by atoms with van der Waals surface area (Å²) in [5, 5.41) is 14.9. The minimum atomic E-state index is 0. The topological polar surface area (TPSA) is 135 Å². The van der Waals surface area contributed by atoms with Gasteiger partial charge in [-0.05, 0) is 13.0 Å². The first-order valence-electron chi connectivity index (χ1n) is 8.78. The predicted octanol–water partition coefficient (Wildman–Crippen LogP) is 4.39. The zero-order chi connectivity index (χ0) is 21.3. The van der Waals surface area contributed by atoms with E-state index in [1.54, 1.807) is 18.3 Å². The van der Waals surface area contributed by atoms with Crippen molar-refractivity contribution in [2.24, 2.45) is 5.73 Å². The average Bonchev–Trinajstić information content (AvgIpc) is 2.76.